The van der Waals surface area contributed by atoms with Gasteiger partial charge in [-0.25, -0.2) is 4.39 Å². The molecular formula is C16H14ClFN4OS. The zero-order chi connectivity index (χ0) is 16.7. The molecule has 124 valence electrons. The molecular weight excluding hydrogens is 351 g/mol. The Morgan fingerprint density at radius 3 is 2.96 bits per heavy atom. The summed E-state index contributed by atoms with van der Waals surface area (Å²) in [6.07, 6.45) is 3.63. The van der Waals surface area contributed by atoms with Crippen LogP contribution in [0.3, 0.4) is 0 Å². The highest BCUT2D eigenvalue weighted by Gasteiger charge is 2.20. The lowest BCUT2D eigenvalue weighted by Gasteiger charge is -2.16. The minimum Gasteiger partial charge on any atom is -0.290 e. The summed E-state index contributed by atoms with van der Waals surface area (Å²) in [5.74, 6) is 0.447. The largest absolute Gasteiger partial charge is 0.290 e. The second-order valence-electron chi connectivity index (χ2n) is 5.72. The van der Waals surface area contributed by atoms with Gasteiger partial charge in [0.15, 0.2) is 5.16 Å². The van der Waals surface area contributed by atoms with E-state index in [1.54, 1.807) is 12.1 Å². The van der Waals surface area contributed by atoms with E-state index in [0.29, 0.717) is 27.3 Å². The fraction of sp³-hybridized carbons (Fsp3) is 0.312. The number of halogens is 2. The number of rotatable bonds is 3. The van der Waals surface area contributed by atoms with Gasteiger partial charge >= 0.3 is 0 Å². The zero-order valence-electron chi connectivity index (χ0n) is 12.7. The molecule has 2 heterocycles. The fourth-order valence-corrected chi connectivity index (χ4v) is 4.35. The van der Waals surface area contributed by atoms with Gasteiger partial charge in [0.2, 0.25) is 5.78 Å². The number of aryl methyl sites for hydroxylation is 1. The summed E-state index contributed by atoms with van der Waals surface area (Å²) in [4.78, 5) is 14.9. The number of fused-ring (bicyclic) bond motifs is 3. The highest BCUT2D eigenvalue weighted by Crippen LogP contribution is 2.29. The molecule has 0 saturated heterocycles. The van der Waals surface area contributed by atoms with E-state index in [0.717, 1.165) is 36.9 Å². The standard InChI is InChI=1S/C16H14ClFN4OS/c17-11-5-3-6-12(18)10(11)8-24-16-21-20-15-19-14(23)9-4-1-2-7-13(9)22(15)16/h3,5-6H,1-2,4,7-8H2,(H,19,20,23). The number of nitrogens with one attached hydrogen (secondary N) is 1. The van der Waals surface area contributed by atoms with E-state index in [1.165, 1.54) is 17.8 Å². The number of benzene rings is 1. The monoisotopic (exact) mass is 364 g/mol. The van der Waals surface area contributed by atoms with Gasteiger partial charge in [0.05, 0.1) is 0 Å². The lowest BCUT2D eigenvalue weighted by molar-refractivity contribution is 0.617. The number of H-pyrrole nitrogens is 1. The van der Waals surface area contributed by atoms with E-state index in [1.807, 2.05) is 4.40 Å². The average Bonchev–Trinajstić information content (AvgIpc) is 2.98. The number of nitrogens with zero attached hydrogens (tertiary/aromatic N) is 3. The first kappa shape index (κ1) is 15.7. The molecule has 0 aliphatic heterocycles. The maximum atomic E-state index is 13.9. The fourth-order valence-electron chi connectivity index (χ4n) is 3.05. The van der Waals surface area contributed by atoms with Crippen LogP contribution in [0.2, 0.25) is 5.02 Å². The van der Waals surface area contributed by atoms with Gasteiger partial charge in [-0.15, -0.1) is 10.2 Å². The van der Waals surface area contributed by atoms with E-state index in [9.17, 15) is 9.18 Å². The molecule has 0 fully saturated rings. The first-order valence-corrected chi connectivity index (χ1v) is 9.06. The smallest absolute Gasteiger partial charge is 0.255 e. The van der Waals surface area contributed by atoms with Crippen LogP contribution in [-0.2, 0) is 18.6 Å². The van der Waals surface area contributed by atoms with Crippen molar-refractivity contribution in [2.45, 2.75) is 36.6 Å². The Labute approximate surface area is 146 Å². The van der Waals surface area contributed by atoms with Crippen LogP contribution in [0.4, 0.5) is 4.39 Å². The summed E-state index contributed by atoms with van der Waals surface area (Å²) in [6.45, 7) is 0. The summed E-state index contributed by atoms with van der Waals surface area (Å²) in [7, 11) is 0. The molecule has 3 aromatic rings. The van der Waals surface area contributed by atoms with Crippen molar-refractivity contribution in [3.05, 3.63) is 56.2 Å². The molecule has 1 aliphatic rings. The van der Waals surface area contributed by atoms with Crippen molar-refractivity contribution in [1.29, 1.82) is 0 Å². The lowest BCUT2D eigenvalue weighted by Crippen LogP contribution is -2.22. The predicted molar refractivity (Wildman–Crippen MR) is 91.2 cm³/mol. The van der Waals surface area contributed by atoms with Crippen molar-refractivity contribution >= 4 is 29.1 Å². The minimum atomic E-state index is -0.334. The van der Waals surface area contributed by atoms with Gasteiger partial charge in [0.1, 0.15) is 5.82 Å². The molecule has 1 aromatic carbocycles. The molecule has 0 saturated carbocycles. The molecule has 0 spiro atoms. The van der Waals surface area contributed by atoms with Crippen LogP contribution >= 0.6 is 23.4 Å². The number of hydrogen-bond donors (Lipinski definition) is 1. The number of aromatic amines is 1. The van der Waals surface area contributed by atoms with Crippen LogP contribution in [-0.4, -0.2) is 19.6 Å². The zero-order valence-corrected chi connectivity index (χ0v) is 14.3. The normalized spacial score (nSPS) is 14.1. The van der Waals surface area contributed by atoms with Crippen LogP contribution in [0.5, 0.6) is 0 Å². The van der Waals surface area contributed by atoms with E-state index >= 15 is 0 Å². The maximum Gasteiger partial charge on any atom is 0.255 e. The molecule has 0 radical (unpaired) electrons. The van der Waals surface area contributed by atoms with E-state index in [2.05, 4.69) is 15.2 Å². The molecule has 5 nitrogen and oxygen atoms in total. The second kappa shape index (κ2) is 6.22. The first-order valence-electron chi connectivity index (χ1n) is 7.70. The maximum absolute atomic E-state index is 13.9. The molecule has 1 N–H and O–H groups in total. The Morgan fingerprint density at radius 1 is 1.29 bits per heavy atom. The Kier molecular flexibility index (Phi) is 4.05. The number of thioether (sulfide) groups is 1. The van der Waals surface area contributed by atoms with Crippen molar-refractivity contribution in [2.75, 3.05) is 0 Å². The van der Waals surface area contributed by atoms with Gasteiger partial charge in [-0.1, -0.05) is 29.4 Å². The van der Waals surface area contributed by atoms with Crippen molar-refractivity contribution in [2.24, 2.45) is 0 Å². The van der Waals surface area contributed by atoms with E-state index in [4.69, 9.17) is 11.6 Å². The molecule has 8 heteroatoms. The van der Waals surface area contributed by atoms with Gasteiger partial charge in [-0.2, -0.15) is 0 Å². The Bertz CT molecular complexity index is 964. The SMILES string of the molecule is O=c1[nH]c2nnc(SCc3c(F)cccc3Cl)n2c2c1CCCC2. The Morgan fingerprint density at radius 2 is 2.12 bits per heavy atom. The van der Waals surface area contributed by atoms with Gasteiger partial charge in [0, 0.05) is 27.6 Å². The summed E-state index contributed by atoms with van der Waals surface area (Å²) in [5.41, 5.74) is 2.13. The van der Waals surface area contributed by atoms with Crippen LogP contribution in [0.1, 0.15) is 29.7 Å². The third-order valence-corrected chi connectivity index (χ3v) is 5.56. The first-order chi connectivity index (χ1) is 11.6. The molecule has 0 atom stereocenters. The summed E-state index contributed by atoms with van der Waals surface area (Å²) >= 11 is 7.44. The van der Waals surface area contributed by atoms with Crippen molar-refractivity contribution in [3.8, 4) is 0 Å². The van der Waals surface area contributed by atoms with Crippen molar-refractivity contribution in [1.82, 2.24) is 19.6 Å². The predicted octanol–water partition coefficient (Wildman–Crippen LogP) is 3.38. The van der Waals surface area contributed by atoms with E-state index < -0.39 is 0 Å². The summed E-state index contributed by atoms with van der Waals surface area (Å²) < 4.78 is 15.8. The molecule has 1 aliphatic carbocycles. The van der Waals surface area contributed by atoms with Gasteiger partial charge in [-0.3, -0.25) is 14.2 Å². The summed E-state index contributed by atoms with van der Waals surface area (Å²) in [5, 5.41) is 9.25. The third-order valence-electron chi connectivity index (χ3n) is 4.25. The quantitative estimate of drug-likeness (QED) is 0.724. The van der Waals surface area contributed by atoms with Gasteiger partial charge < -0.3 is 0 Å². The van der Waals surface area contributed by atoms with Crippen LogP contribution < -0.4 is 5.56 Å². The molecule has 24 heavy (non-hydrogen) atoms. The molecule has 0 amide bonds. The number of aromatic nitrogens is 4. The van der Waals surface area contributed by atoms with Crippen molar-refractivity contribution < 1.29 is 4.39 Å². The Balaban J connectivity index is 1.74. The van der Waals surface area contributed by atoms with Crippen LogP contribution in [0, 0.1) is 5.82 Å². The highest BCUT2D eigenvalue weighted by atomic mass is 35.5. The molecule has 0 bridgehead atoms. The van der Waals surface area contributed by atoms with Gasteiger partial charge in [0.25, 0.3) is 5.56 Å². The van der Waals surface area contributed by atoms with Crippen LogP contribution in [0.25, 0.3) is 5.78 Å². The molecule has 4 rings (SSSR count). The van der Waals surface area contributed by atoms with Crippen molar-refractivity contribution in [3.63, 3.8) is 0 Å². The van der Waals surface area contributed by atoms with Gasteiger partial charge in [-0.05, 0) is 37.8 Å². The second-order valence-corrected chi connectivity index (χ2v) is 7.07. The van der Waals surface area contributed by atoms with Crippen LogP contribution in [0.15, 0.2) is 28.2 Å². The highest BCUT2D eigenvalue weighted by molar-refractivity contribution is 7.98. The minimum absolute atomic E-state index is 0.0849. The number of hydrogen-bond acceptors (Lipinski definition) is 4. The molecule has 2 aromatic heterocycles. The Hall–Kier alpha value is -1.86. The third kappa shape index (κ3) is 2.61. The average molecular weight is 365 g/mol. The lowest BCUT2D eigenvalue weighted by atomic mass is 9.97. The molecule has 0 unspecified atom stereocenters. The van der Waals surface area contributed by atoms with E-state index in [-0.39, 0.29) is 11.4 Å². The summed E-state index contributed by atoms with van der Waals surface area (Å²) in [6, 6.07) is 4.64. The topological polar surface area (TPSA) is 63.0 Å².